The minimum Gasteiger partial charge on any atom is -0.508 e. The molecule has 0 bridgehead atoms. The Morgan fingerprint density at radius 2 is 1.00 bits per heavy atom. The summed E-state index contributed by atoms with van der Waals surface area (Å²) in [6.07, 6.45) is 0. The van der Waals surface area contributed by atoms with Gasteiger partial charge in [-0.1, -0.05) is 0 Å². The van der Waals surface area contributed by atoms with Gasteiger partial charge in [-0.05, 0) is 24.3 Å². The van der Waals surface area contributed by atoms with Crippen LogP contribution in [0.15, 0.2) is 24.3 Å². The van der Waals surface area contributed by atoms with Crippen molar-refractivity contribution < 1.29 is 15.7 Å². The quantitative estimate of drug-likeness (QED) is 0.461. The Balaban J connectivity index is 0. The van der Waals surface area contributed by atoms with Gasteiger partial charge in [0.05, 0.1) is 0 Å². The van der Waals surface area contributed by atoms with Crippen LogP contribution in [0, 0.1) is 0 Å². The van der Waals surface area contributed by atoms with E-state index in [0.29, 0.717) is 0 Å². The number of phenolic OH excluding ortho intramolecular Hbond substituents is 2. The average molecular weight is 145 g/mol. The van der Waals surface area contributed by atoms with E-state index in [1.165, 1.54) is 24.3 Å². The fourth-order valence-electron chi connectivity index (χ4n) is 0.453. The highest BCUT2D eigenvalue weighted by Gasteiger charge is 1.84. The fraction of sp³-hybridized carbons (Fsp3) is 0. The zero-order valence-corrected chi connectivity index (χ0v) is 5.41. The fourth-order valence-corrected chi connectivity index (χ4v) is 0.453. The van der Waals surface area contributed by atoms with Gasteiger partial charge in [-0.2, -0.15) is 0 Å². The molecular weight excluding hydrogens is 134 g/mol. The van der Waals surface area contributed by atoms with E-state index < -0.39 is 0 Å². The van der Waals surface area contributed by atoms with E-state index in [1.807, 2.05) is 0 Å². The molecule has 0 atom stereocenters. The second kappa shape index (κ2) is 4.60. The summed E-state index contributed by atoms with van der Waals surface area (Å²) in [5.41, 5.74) is 0. The Morgan fingerprint density at radius 3 is 1.20 bits per heavy atom. The Hall–Kier alpha value is -1.26. The van der Waals surface area contributed by atoms with Crippen molar-refractivity contribution in [3.05, 3.63) is 24.3 Å². The molecule has 0 saturated carbocycles. The summed E-state index contributed by atoms with van der Waals surface area (Å²) in [7, 11) is 0. The zero-order chi connectivity index (χ0) is 5.98. The van der Waals surface area contributed by atoms with Crippen LogP contribution in [-0.2, 0) is 0 Å². The maximum Gasteiger partial charge on any atom is 0.115 e. The van der Waals surface area contributed by atoms with Crippen LogP contribution in [0.2, 0.25) is 0 Å². The van der Waals surface area contributed by atoms with Crippen molar-refractivity contribution in [2.75, 3.05) is 0 Å². The highest BCUT2D eigenvalue weighted by atomic mass is 16.3. The normalized spacial score (nSPS) is 7.20. The molecule has 58 valence electrons. The number of hydrogen-bond acceptors (Lipinski definition) is 3. The molecule has 0 unspecified atom stereocenters. The number of rotatable bonds is 0. The van der Waals surface area contributed by atoms with E-state index in [0.717, 1.165) is 0 Å². The lowest BCUT2D eigenvalue weighted by Crippen LogP contribution is -1.61. The second-order valence-electron chi connectivity index (χ2n) is 1.52. The largest absolute Gasteiger partial charge is 0.508 e. The van der Waals surface area contributed by atoms with Crippen molar-refractivity contribution >= 4 is 0 Å². The first kappa shape index (κ1) is 11.5. The molecule has 4 nitrogen and oxygen atoms in total. The Kier molecular flexibility index (Phi) is 5.31. The number of phenols is 2. The first-order valence-corrected chi connectivity index (χ1v) is 2.27. The summed E-state index contributed by atoms with van der Waals surface area (Å²) in [6, 6.07) is 5.70. The molecule has 0 amide bonds. The van der Waals surface area contributed by atoms with Gasteiger partial charge in [0.1, 0.15) is 11.5 Å². The first-order chi connectivity index (χ1) is 3.79. The topological polar surface area (TPSA) is 107 Å². The Labute approximate surface area is 58.6 Å². The molecule has 1 aromatic carbocycles. The minimum atomic E-state index is 0. The smallest absolute Gasteiger partial charge is 0.115 e. The summed E-state index contributed by atoms with van der Waals surface area (Å²) < 4.78 is 0. The van der Waals surface area contributed by atoms with Gasteiger partial charge in [0.2, 0.25) is 0 Å². The average Bonchev–Trinajstić information content (AvgIpc) is 1.77. The molecule has 0 aliphatic carbocycles. The van der Waals surface area contributed by atoms with Crippen molar-refractivity contribution in [3.8, 4) is 11.5 Å². The number of benzene rings is 1. The summed E-state index contributed by atoms with van der Waals surface area (Å²) in [6.45, 7) is 0. The van der Waals surface area contributed by atoms with Gasteiger partial charge < -0.3 is 21.8 Å². The molecular formula is C6H11NO3. The van der Waals surface area contributed by atoms with Gasteiger partial charge in [0, 0.05) is 0 Å². The molecule has 4 heteroatoms. The van der Waals surface area contributed by atoms with Gasteiger partial charge in [0.25, 0.3) is 0 Å². The summed E-state index contributed by atoms with van der Waals surface area (Å²) in [5.74, 6) is 0.339. The van der Waals surface area contributed by atoms with Crippen molar-refractivity contribution in [3.63, 3.8) is 0 Å². The zero-order valence-electron chi connectivity index (χ0n) is 5.41. The van der Waals surface area contributed by atoms with Crippen LogP contribution in [0.5, 0.6) is 11.5 Å². The van der Waals surface area contributed by atoms with Crippen LogP contribution < -0.4 is 6.15 Å². The maximum absolute atomic E-state index is 8.65. The third kappa shape index (κ3) is 2.91. The molecule has 0 aliphatic heterocycles. The maximum atomic E-state index is 8.65. The van der Waals surface area contributed by atoms with Crippen molar-refractivity contribution in [2.24, 2.45) is 0 Å². The van der Waals surface area contributed by atoms with Crippen LogP contribution in [0.4, 0.5) is 0 Å². The van der Waals surface area contributed by atoms with Gasteiger partial charge >= 0.3 is 0 Å². The number of aromatic hydroxyl groups is 2. The molecule has 0 heterocycles. The summed E-state index contributed by atoms with van der Waals surface area (Å²) in [4.78, 5) is 0. The van der Waals surface area contributed by atoms with Crippen LogP contribution in [0.3, 0.4) is 0 Å². The van der Waals surface area contributed by atoms with E-state index in [9.17, 15) is 0 Å². The third-order valence-corrected chi connectivity index (χ3v) is 0.850. The van der Waals surface area contributed by atoms with Gasteiger partial charge in [-0.15, -0.1) is 0 Å². The van der Waals surface area contributed by atoms with Crippen LogP contribution in [0.25, 0.3) is 0 Å². The standard InChI is InChI=1S/C6H6O2.H3N.H2O/c7-5-1-2-6(8)4-3-5;;/h1-4,7-8H;1H3;1H2. The van der Waals surface area contributed by atoms with Crippen LogP contribution in [-0.4, -0.2) is 15.7 Å². The van der Waals surface area contributed by atoms with Gasteiger partial charge in [-0.3, -0.25) is 0 Å². The molecule has 10 heavy (non-hydrogen) atoms. The lowest BCUT2D eigenvalue weighted by molar-refractivity contribution is 0.460. The van der Waals surface area contributed by atoms with E-state index in [1.54, 1.807) is 0 Å². The number of hydrogen-bond donors (Lipinski definition) is 3. The van der Waals surface area contributed by atoms with Crippen LogP contribution >= 0.6 is 0 Å². The monoisotopic (exact) mass is 145 g/mol. The SMILES string of the molecule is N.O.Oc1ccc(O)cc1. The van der Waals surface area contributed by atoms with E-state index in [2.05, 4.69) is 0 Å². The first-order valence-electron chi connectivity index (χ1n) is 2.27. The molecule has 0 aromatic heterocycles. The van der Waals surface area contributed by atoms with Crippen molar-refractivity contribution in [2.45, 2.75) is 0 Å². The van der Waals surface area contributed by atoms with E-state index in [4.69, 9.17) is 10.2 Å². The molecule has 0 fully saturated rings. The second-order valence-corrected chi connectivity index (χ2v) is 1.52. The highest BCUT2D eigenvalue weighted by molar-refractivity contribution is 5.28. The lowest BCUT2D eigenvalue weighted by atomic mass is 10.3. The Morgan fingerprint density at radius 1 is 0.800 bits per heavy atom. The minimum absolute atomic E-state index is 0. The van der Waals surface area contributed by atoms with Crippen molar-refractivity contribution in [1.29, 1.82) is 0 Å². The van der Waals surface area contributed by atoms with E-state index >= 15 is 0 Å². The molecule has 0 spiro atoms. The molecule has 1 rings (SSSR count). The molecule has 0 radical (unpaired) electrons. The molecule has 0 aliphatic rings. The highest BCUT2D eigenvalue weighted by Crippen LogP contribution is 2.13. The van der Waals surface area contributed by atoms with Crippen LogP contribution in [0.1, 0.15) is 0 Å². The summed E-state index contributed by atoms with van der Waals surface area (Å²) in [5, 5.41) is 17.3. The lowest BCUT2D eigenvalue weighted by Gasteiger charge is -1.88. The van der Waals surface area contributed by atoms with E-state index in [-0.39, 0.29) is 23.1 Å². The molecule has 7 N–H and O–H groups in total. The van der Waals surface area contributed by atoms with Crippen molar-refractivity contribution in [1.82, 2.24) is 6.15 Å². The van der Waals surface area contributed by atoms with Gasteiger partial charge in [-0.25, -0.2) is 0 Å². The summed E-state index contributed by atoms with van der Waals surface area (Å²) >= 11 is 0. The predicted octanol–water partition coefficient (Wildman–Crippen LogP) is 0.435. The van der Waals surface area contributed by atoms with Gasteiger partial charge in [0.15, 0.2) is 0 Å². The molecule has 1 aromatic rings. The predicted molar refractivity (Wildman–Crippen MR) is 38.4 cm³/mol. The molecule has 0 saturated heterocycles. The third-order valence-electron chi connectivity index (χ3n) is 0.850. The Bertz CT molecular complexity index is 152.